The minimum Gasteiger partial charge on any atom is -0.335 e. The predicted octanol–water partition coefficient (Wildman–Crippen LogP) is 2.32. The fraction of sp³-hybridized carbons (Fsp3) is 0.786. The molecule has 0 saturated heterocycles. The van der Waals surface area contributed by atoms with Crippen molar-refractivity contribution >= 4 is 5.91 Å². The van der Waals surface area contributed by atoms with Gasteiger partial charge in [0.2, 0.25) is 5.91 Å². The lowest BCUT2D eigenvalue weighted by atomic mass is 9.98. The number of carbonyl (C=O) groups is 1. The van der Waals surface area contributed by atoms with Crippen LogP contribution in [0, 0.1) is 5.92 Å². The van der Waals surface area contributed by atoms with Crippen LogP contribution in [0.15, 0.2) is 12.7 Å². The van der Waals surface area contributed by atoms with Crippen LogP contribution in [0.25, 0.3) is 0 Å². The number of nitrogens with zero attached hydrogens (tertiary/aromatic N) is 1. The molecular weight excluding hydrogens is 212 g/mol. The molecule has 0 aliphatic heterocycles. The molecule has 1 aliphatic rings. The molecular formula is C14H26N2O. The average Bonchev–Trinajstić information content (AvgIpc) is 2.86. The minimum atomic E-state index is -0.361. The quantitative estimate of drug-likeness (QED) is 0.722. The van der Waals surface area contributed by atoms with Gasteiger partial charge in [-0.1, -0.05) is 39.2 Å². The lowest BCUT2D eigenvalue weighted by Gasteiger charge is -2.32. The monoisotopic (exact) mass is 238 g/mol. The predicted molar refractivity (Wildman–Crippen MR) is 71.6 cm³/mol. The summed E-state index contributed by atoms with van der Waals surface area (Å²) in [6.45, 7) is 8.50. The van der Waals surface area contributed by atoms with E-state index in [1.54, 1.807) is 6.08 Å². The number of amides is 1. The van der Waals surface area contributed by atoms with E-state index in [1.165, 1.54) is 12.8 Å². The van der Waals surface area contributed by atoms with E-state index in [2.05, 4.69) is 13.5 Å². The number of nitrogens with two attached hydrogens (primary N) is 1. The number of carbonyl (C=O) groups excluding carboxylic acids is 1. The summed E-state index contributed by atoms with van der Waals surface area (Å²) in [6.07, 6.45) is 7.44. The van der Waals surface area contributed by atoms with E-state index in [0.29, 0.717) is 12.6 Å². The largest absolute Gasteiger partial charge is 0.335 e. The SMILES string of the molecule is C=CCN(C(=O)[C@@H](N)[C@@H](C)CC)C1CCCC1. The normalized spacial score (nSPS) is 19.9. The molecule has 1 fully saturated rings. The second kappa shape index (κ2) is 6.80. The zero-order valence-corrected chi connectivity index (χ0v) is 11.2. The van der Waals surface area contributed by atoms with Gasteiger partial charge in [-0.05, 0) is 18.8 Å². The van der Waals surface area contributed by atoms with Gasteiger partial charge in [0.25, 0.3) is 0 Å². The maximum atomic E-state index is 12.4. The molecule has 3 heteroatoms. The first-order valence-corrected chi connectivity index (χ1v) is 6.78. The van der Waals surface area contributed by atoms with Crippen LogP contribution < -0.4 is 5.73 Å². The third kappa shape index (κ3) is 3.56. The van der Waals surface area contributed by atoms with Crippen molar-refractivity contribution in [3.8, 4) is 0 Å². The van der Waals surface area contributed by atoms with Crippen LogP contribution in [-0.4, -0.2) is 29.4 Å². The summed E-state index contributed by atoms with van der Waals surface area (Å²) in [5.41, 5.74) is 6.04. The molecule has 0 aromatic heterocycles. The van der Waals surface area contributed by atoms with Crippen LogP contribution in [0.1, 0.15) is 46.0 Å². The molecule has 2 atom stereocenters. The van der Waals surface area contributed by atoms with Crippen molar-refractivity contribution in [1.29, 1.82) is 0 Å². The van der Waals surface area contributed by atoms with Crippen LogP contribution >= 0.6 is 0 Å². The van der Waals surface area contributed by atoms with E-state index in [9.17, 15) is 4.79 Å². The smallest absolute Gasteiger partial charge is 0.240 e. The van der Waals surface area contributed by atoms with Crippen LogP contribution in [0.3, 0.4) is 0 Å². The molecule has 1 aliphatic carbocycles. The fourth-order valence-corrected chi connectivity index (χ4v) is 2.46. The van der Waals surface area contributed by atoms with Gasteiger partial charge in [-0.25, -0.2) is 0 Å². The van der Waals surface area contributed by atoms with Gasteiger partial charge in [-0.3, -0.25) is 4.79 Å². The van der Waals surface area contributed by atoms with Crippen LogP contribution in [0.5, 0.6) is 0 Å². The van der Waals surface area contributed by atoms with Crippen molar-refractivity contribution in [3.63, 3.8) is 0 Å². The number of hydrogen-bond donors (Lipinski definition) is 1. The van der Waals surface area contributed by atoms with Crippen LogP contribution in [0.2, 0.25) is 0 Å². The van der Waals surface area contributed by atoms with Gasteiger partial charge in [0.05, 0.1) is 6.04 Å². The number of hydrogen-bond acceptors (Lipinski definition) is 2. The fourth-order valence-electron chi connectivity index (χ4n) is 2.46. The van der Waals surface area contributed by atoms with Gasteiger partial charge in [0.1, 0.15) is 0 Å². The zero-order valence-electron chi connectivity index (χ0n) is 11.2. The van der Waals surface area contributed by atoms with Crippen molar-refractivity contribution in [2.75, 3.05) is 6.54 Å². The van der Waals surface area contributed by atoms with Crippen molar-refractivity contribution in [2.45, 2.75) is 58.0 Å². The molecule has 0 aromatic rings. The summed E-state index contributed by atoms with van der Waals surface area (Å²) in [6, 6.07) is 0.0242. The highest BCUT2D eigenvalue weighted by molar-refractivity contribution is 5.82. The third-order valence-electron chi connectivity index (χ3n) is 3.92. The highest BCUT2D eigenvalue weighted by atomic mass is 16.2. The van der Waals surface area contributed by atoms with Crippen LogP contribution in [0.4, 0.5) is 0 Å². The maximum Gasteiger partial charge on any atom is 0.240 e. The number of rotatable bonds is 6. The van der Waals surface area contributed by atoms with Gasteiger partial charge < -0.3 is 10.6 Å². The first-order valence-electron chi connectivity index (χ1n) is 6.78. The molecule has 17 heavy (non-hydrogen) atoms. The molecule has 3 nitrogen and oxygen atoms in total. The van der Waals surface area contributed by atoms with E-state index in [0.717, 1.165) is 19.3 Å². The van der Waals surface area contributed by atoms with Gasteiger partial charge in [-0.2, -0.15) is 0 Å². The van der Waals surface area contributed by atoms with E-state index in [4.69, 9.17) is 5.73 Å². The summed E-state index contributed by atoms with van der Waals surface area (Å²) in [5, 5.41) is 0. The molecule has 0 spiro atoms. The molecule has 98 valence electrons. The average molecular weight is 238 g/mol. The Bertz CT molecular complexity index is 259. The molecule has 0 bridgehead atoms. The van der Waals surface area contributed by atoms with Gasteiger partial charge >= 0.3 is 0 Å². The van der Waals surface area contributed by atoms with Crippen LogP contribution in [-0.2, 0) is 4.79 Å². The summed E-state index contributed by atoms with van der Waals surface area (Å²) >= 11 is 0. The molecule has 1 saturated carbocycles. The first kappa shape index (κ1) is 14.2. The van der Waals surface area contributed by atoms with Gasteiger partial charge in [0.15, 0.2) is 0 Å². The molecule has 2 N–H and O–H groups in total. The Balaban J connectivity index is 2.68. The molecule has 0 unspecified atom stereocenters. The van der Waals surface area contributed by atoms with Gasteiger partial charge in [-0.15, -0.1) is 6.58 Å². The Morgan fingerprint density at radius 2 is 2.12 bits per heavy atom. The lowest BCUT2D eigenvalue weighted by Crippen LogP contribution is -2.50. The van der Waals surface area contributed by atoms with E-state index in [-0.39, 0.29) is 17.9 Å². The minimum absolute atomic E-state index is 0.103. The molecule has 0 aromatic carbocycles. The maximum absolute atomic E-state index is 12.4. The summed E-state index contributed by atoms with van der Waals surface area (Å²) < 4.78 is 0. The summed E-state index contributed by atoms with van der Waals surface area (Å²) in [4.78, 5) is 14.3. The van der Waals surface area contributed by atoms with Crippen molar-refractivity contribution < 1.29 is 4.79 Å². The van der Waals surface area contributed by atoms with E-state index < -0.39 is 0 Å². The Kier molecular flexibility index (Phi) is 5.69. The molecule has 0 radical (unpaired) electrons. The lowest BCUT2D eigenvalue weighted by molar-refractivity contribution is -0.135. The zero-order chi connectivity index (χ0) is 12.8. The van der Waals surface area contributed by atoms with Crippen molar-refractivity contribution in [3.05, 3.63) is 12.7 Å². The van der Waals surface area contributed by atoms with E-state index >= 15 is 0 Å². The summed E-state index contributed by atoms with van der Waals surface area (Å²) in [7, 11) is 0. The Labute approximate surface area is 105 Å². The summed E-state index contributed by atoms with van der Waals surface area (Å²) in [5.74, 6) is 0.349. The van der Waals surface area contributed by atoms with Crippen molar-refractivity contribution in [2.24, 2.45) is 11.7 Å². The molecule has 0 heterocycles. The van der Waals surface area contributed by atoms with Crippen molar-refractivity contribution in [1.82, 2.24) is 4.90 Å². The Morgan fingerprint density at radius 3 is 2.59 bits per heavy atom. The second-order valence-corrected chi connectivity index (χ2v) is 5.13. The standard InChI is InChI=1S/C14H26N2O/c1-4-10-16(12-8-6-7-9-12)14(17)13(15)11(3)5-2/h4,11-13H,1,5-10,15H2,2-3H3/t11-,13-/m0/s1. The highest BCUT2D eigenvalue weighted by Crippen LogP contribution is 2.24. The highest BCUT2D eigenvalue weighted by Gasteiger charge is 2.30. The van der Waals surface area contributed by atoms with E-state index in [1.807, 2.05) is 11.8 Å². The van der Waals surface area contributed by atoms with Gasteiger partial charge in [0, 0.05) is 12.6 Å². The Morgan fingerprint density at radius 1 is 1.53 bits per heavy atom. The second-order valence-electron chi connectivity index (χ2n) is 5.13. The topological polar surface area (TPSA) is 46.3 Å². The third-order valence-corrected chi connectivity index (χ3v) is 3.92. The Hall–Kier alpha value is -0.830. The first-order chi connectivity index (χ1) is 8.11. The molecule has 1 amide bonds. The molecule has 1 rings (SSSR count).